The van der Waals surface area contributed by atoms with E-state index in [1.807, 2.05) is 0 Å². The van der Waals surface area contributed by atoms with E-state index in [4.69, 9.17) is 10.8 Å². The molecule has 0 saturated heterocycles. The Morgan fingerprint density at radius 1 is 1.27 bits per heavy atom. The van der Waals surface area contributed by atoms with E-state index in [1.54, 1.807) is 31.6 Å². The average molecular weight is 372 g/mol. The zero-order chi connectivity index (χ0) is 18.7. The van der Waals surface area contributed by atoms with E-state index >= 15 is 0 Å². The van der Waals surface area contributed by atoms with E-state index in [2.05, 4.69) is 15.0 Å². The van der Waals surface area contributed by atoms with Crippen molar-refractivity contribution < 1.29 is 15.3 Å². The predicted octanol–water partition coefficient (Wildman–Crippen LogP) is 2.39. The predicted molar refractivity (Wildman–Crippen MR) is 105 cm³/mol. The second kappa shape index (κ2) is 7.76. The van der Waals surface area contributed by atoms with Crippen LogP contribution in [0.2, 0.25) is 0 Å². The third-order valence-electron chi connectivity index (χ3n) is 3.85. The molecule has 1 unspecified atom stereocenters. The number of benzene rings is 1. The van der Waals surface area contributed by atoms with Gasteiger partial charge in [0.15, 0.2) is 0 Å². The van der Waals surface area contributed by atoms with Crippen molar-refractivity contribution in [1.29, 1.82) is 0 Å². The number of aliphatic hydroxyl groups is 1. The molecule has 5 N–H and O–H groups in total. The van der Waals surface area contributed by atoms with E-state index in [1.165, 1.54) is 17.8 Å². The maximum atomic E-state index is 9.93. The quantitative estimate of drug-likeness (QED) is 0.336. The van der Waals surface area contributed by atoms with E-state index in [0.717, 1.165) is 16.7 Å². The summed E-state index contributed by atoms with van der Waals surface area (Å²) in [4.78, 5) is 12.9. The maximum absolute atomic E-state index is 9.93. The number of anilines is 1. The number of aromatic nitrogens is 1. The molecule has 0 amide bonds. The molecule has 7 nitrogen and oxygen atoms in total. The third-order valence-corrected chi connectivity index (χ3v) is 4.93. The van der Waals surface area contributed by atoms with Crippen LogP contribution in [0.1, 0.15) is 23.6 Å². The highest BCUT2D eigenvalue weighted by Crippen LogP contribution is 2.43. The lowest BCUT2D eigenvalue weighted by molar-refractivity contribution is 0.296. The molecule has 2 aromatic rings. The number of nitrogens with two attached hydrogens (primary N) is 1. The van der Waals surface area contributed by atoms with Crippen LogP contribution < -0.4 is 5.73 Å². The zero-order valence-corrected chi connectivity index (χ0v) is 15.1. The van der Waals surface area contributed by atoms with Gasteiger partial charge in [0.2, 0.25) is 0 Å². The van der Waals surface area contributed by atoms with Crippen LogP contribution in [0.3, 0.4) is 0 Å². The van der Waals surface area contributed by atoms with Gasteiger partial charge in [-0.05, 0) is 24.1 Å². The van der Waals surface area contributed by atoms with Gasteiger partial charge in [-0.1, -0.05) is 0 Å². The van der Waals surface area contributed by atoms with Gasteiger partial charge in [0.1, 0.15) is 28.4 Å². The van der Waals surface area contributed by atoms with Crippen LogP contribution in [-0.4, -0.2) is 52.1 Å². The second-order valence-corrected chi connectivity index (χ2v) is 6.88. The lowest BCUT2D eigenvalue weighted by atomic mass is 9.93. The van der Waals surface area contributed by atoms with Crippen molar-refractivity contribution in [3.8, 4) is 22.6 Å². The number of pyridine rings is 1. The first-order valence-corrected chi connectivity index (χ1v) is 9.09. The van der Waals surface area contributed by atoms with Crippen molar-refractivity contribution in [3.63, 3.8) is 0 Å². The molecule has 2 heterocycles. The van der Waals surface area contributed by atoms with Gasteiger partial charge in [-0.15, -0.1) is 11.8 Å². The number of phenols is 2. The molecule has 1 aromatic heterocycles. The fourth-order valence-electron chi connectivity index (χ4n) is 2.74. The molecule has 8 heteroatoms. The summed E-state index contributed by atoms with van der Waals surface area (Å²) in [6.07, 6.45) is 4.09. The first-order valence-electron chi connectivity index (χ1n) is 8.11. The molecule has 1 aromatic carbocycles. The molecular weight excluding hydrogens is 352 g/mol. The molecule has 0 radical (unpaired) electrons. The number of thioether (sulfide) groups is 1. The zero-order valence-electron chi connectivity index (χ0n) is 14.3. The van der Waals surface area contributed by atoms with Crippen molar-refractivity contribution in [1.82, 2.24) is 4.98 Å². The Bertz CT molecular complexity index is 857. The number of aromatic hydroxyl groups is 2. The third kappa shape index (κ3) is 3.81. The fourth-order valence-corrected chi connectivity index (χ4v) is 3.68. The molecule has 26 heavy (non-hydrogen) atoms. The molecule has 136 valence electrons. The van der Waals surface area contributed by atoms with Gasteiger partial charge < -0.3 is 21.1 Å². The van der Waals surface area contributed by atoms with Crippen LogP contribution in [0.5, 0.6) is 11.5 Å². The Labute approximate surface area is 155 Å². The highest BCUT2D eigenvalue weighted by atomic mass is 32.2. The first kappa shape index (κ1) is 18.2. The first-order chi connectivity index (χ1) is 12.5. The highest BCUT2D eigenvalue weighted by molar-refractivity contribution is 7.99. The van der Waals surface area contributed by atoms with Crippen molar-refractivity contribution in [2.24, 2.45) is 9.98 Å². The topological polar surface area (TPSA) is 124 Å². The number of hydrogen-bond donors (Lipinski definition) is 4. The summed E-state index contributed by atoms with van der Waals surface area (Å²) in [5.41, 5.74) is 9.06. The fraction of sp³-hybridized carbons (Fsp3) is 0.278. The Kier molecular flexibility index (Phi) is 5.43. The van der Waals surface area contributed by atoms with E-state index < -0.39 is 0 Å². The van der Waals surface area contributed by atoms with Crippen molar-refractivity contribution in [3.05, 3.63) is 29.3 Å². The van der Waals surface area contributed by atoms with E-state index in [0.29, 0.717) is 28.6 Å². The number of rotatable bonds is 7. The SMILES string of the molecule is CN=Cc1c(SCCCO)nc(N)c(C2C=N2)c1-c1cc(O)cc(O)c1. The summed E-state index contributed by atoms with van der Waals surface area (Å²) in [5.74, 6) is 0.932. The Morgan fingerprint density at radius 3 is 2.54 bits per heavy atom. The van der Waals surface area contributed by atoms with Crippen LogP contribution in [0.15, 0.2) is 33.2 Å². The lowest BCUT2D eigenvalue weighted by Gasteiger charge is -2.18. The molecule has 1 atom stereocenters. The van der Waals surface area contributed by atoms with Crippen LogP contribution in [-0.2, 0) is 0 Å². The van der Waals surface area contributed by atoms with Crippen molar-refractivity contribution >= 4 is 30.0 Å². The summed E-state index contributed by atoms with van der Waals surface area (Å²) in [6.45, 7) is 0.0982. The summed E-state index contributed by atoms with van der Waals surface area (Å²) >= 11 is 1.48. The Morgan fingerprint density at radius 2 is 1.96 bits per heavy atom. The molecule has 0 spiro atoms. The van der Waals surface area contributed by atoms with Crippen LogP contribution in [0, 0.1) is 0 Å². The maximum Gasteiger partial charge on any atom is 0.131 e. The number of aliphatic hydroxyl groups excluding tert-OH is 1. The number of hydrogen-bond acceptors (Lipinski definition) is 8. The Hall–Kier alpha value is -2.58. The van der Waals surface area contributed by atoms with Gasteiger partial charge in [-0.3, -0.25) is 9.98 Å². The minimum Gasteiger partial charge on any atom is -0.508 e. The molecule has 1 aliphatic rings. The van der Waals surface area contributed by atoms with Crippen LogP contribution >= 0.6 is 11.8 Å². The molecule has 0 fully saturated rings. The second-order valence-electron chi connectivity index (χ2n) is 5.80. The summed E-state index contributed by atoms with van der Waals surface area (Å²) in [6, 6.07) is 4.24. The van der Waals surface area contributed by atoms with Gasteiger partial charge in [0, 0.05) is 54.6 Å². The van der Waals surface area contributed by atoms with Gasteiger partial charge in [0.25, 0.3) is 0 Å². The number of aliphatic imine (C=N–C) groups is 2. The van der Waals surface area contributed by atoms with Crippen LogP contribution in [0.4, 0.5) is 5.82 Å². The minimum absolute atomic E-state index is 0.0491. The smallest absolute Gasteiger partial charge is 0.131 e. The van der Waals surface area contributed by atoms with Gasteiger partial charge in [-0.2, -0.15) is 0 Å². The summed E-state index contributed by atoms with van der Waals surface area (Å²) < 4.78 is 0. The van der Waals surface area contributed by atoms with Gasteiger partial charge in [0.05, 0.1) is 0 Å². The highest BCUT2D eigenvalue weighted by Gasteiger charge is 2.28. The summed E-state index contributed by atoms with van der Waals surface area (Å²) in [5, 5.41) is 29.6. The summed E-state index contributed by atoms with van der Waals surface area (Å²) in [7, 11) is 1.66. The normalized spacial score (nSPS) is 15.7. The number of phenolic OH excluding ortho intramolecular Hbond substituents is 2. The average Bonchev–Trinajstić information content (AvgIpc) is 3.40. The standard InChI is InChI=1S/C18H20N4O3S/c1-20-8-13-15(10-5-11(24)7-12(25)6-10)16(14-9-21-14)17(19)22-18(13)26-4-2-3-23/h5-9,14,23-25H,2-4H2,1H3,(H2,19,22). The Balaban J connectivity index is 2.23. The molecule has 0 bridgehead atoms. The van der Waals surface area contributed by atoms with E-state index in [9.17, 15) is 10.2 Å². The number of nitrogen functional groups attached to an aromatic ring is 1. The van der Waals surface area contributed by atoms with Gasteiger partial charge >= 0.3 is 0 Å². The van der Waals surface area contributed by atoms with E-state index in [-0.39, 0.29) is 24.1 Å². The largest absolute Gasteiger partial charge is 0.508 e. The molecular formula is C18H20N4O3S. The van der Waals surface area contributed by atoms with Crippen molar-refractivity contribution in [2.45, 2.75) is 17.5 Å². The lowest BCUT2D eigenvalue weighted by Crippen LogP contribution is -2.07. The van der Waals surface area contributed by atoms with Crippen LogP contribution in [0.25, 0.3) is 11.1 Å². The number of nitrogens with zero attached hydrogens (tertiary/aromatic N) is 3. The monoisotopic (exact) mass is 372 g/mol. The minimum atomic E-state index is -0.164. The molecule has 1 aliphatic heterocycles. The molecule has 0 saturated carbocycles. The molecule has 3 rings (SSSR count). The van der Waals surface area contributed by atoms with Crippen molar-refractivity contribution in [2.75, 3.05) is 25.1 Å². The van der Waals surface area contributed by atoms with Gasteiger partial charge in [-0.25, -0.2) is 4.98 Å². The molecule has 0 aliphatic carbocycles.